The lowest BCUT2D eigenvalue weighted by atomic mass is 10.0. The van der Waals surface area contributed by atoms with E-state index in [1.807, 2.05) is 30.3 Å². The summed E-state index contributed by atoms with van der Waals surface area (Å²) < 4.78 is 5.39. The fourth-order valence-corrected chi connectivity index (χ4v) is 2.11. The first kappa shape index (κ1) is 15.4. The smallest absolute Gasteiger partial charge is 0.257 e. The van der Waals surface area contributed by atoms with Crippen molar-refractivity contribution in [1.29, 1.82) is 0 Å². The molecular formula is C17H18ClNO2. The number of carbonyl (C=O) groups excluding carboxylic acids is 1. The van der Waals surface area contributed by atoms with Crippen LogP contribution in [0, 0.1) is 0 Å². The third kappa shape index (κ3) is 4.80. The summed E-state index contributed by atoms with van der Waals surface area (Å²) in [4.78, 5) is 11.8. The number of hydrogen-bond acceptors (Lipinski definition) is 2. The maximum atomic E-state index is 11.8. The summed E-state index contributed by atoms with van der Waals surface area (Å²) in [6, 6.07) is 17.2. The van der Waals surface area contributed by atoms with Crippen LogP contribution >= 0.6 is 11.6 Å². The Morgan fingerprint density at radius 2 is 1.81 bits per heavy atom. The Morgan fingerprint density at radius 1 is 1.14 bits per heavy atom. The molecule has 21 heavy (non-hydrogen) atoms. The fraction of sp³-hybridized carbons (Fsp3) is 0.235. The number of nitrogens with one attached hydrogen (secondary N) is 1. The Kier molecular flexibility index (Phi) is 5.64. The zero-order valence-electron chi connectivity index (χ0n) is 11.9. The van der Waals surface area contributed by atoms with Crippen LogP contribution in [0.25, 0.3) is 0 Å². The summed E-state index contributed by atoms with van der Waals surface area (Å²) in [5.41, 5.74) is 1.20. The number of halogens is 1. The highest BCUT2D eigenvalue weighted by atomic mass is 35.5. The van der Waals surface area contributed by atoms with Gasteiger partial charge >= 0.3 is 0 Å². The molecule has 2 aromatic carbocycles. The average Bonchev–Trinajstić information content (AvgIpc) is 2.52. The van der Waals surface area contributed by atoms with Crippen LogP contribution in [0.1, 0.15) is 18.4 Å². The Balaban J connectivity index is 1.76. The molecule has 3 nitrogen and oxygen atoms in total. The normalized spacial score (nSPS) is 11.7. The second-order valence-electron chi connectivity index (χ2n) is 4.83. The standard InChI is InChI=1S/C17H18ClNO2/c1-13(14-7-3-2-4-8-14)11-19-17(20)12-21-16-10-6-5-9-15(16)18/h2-10,13H,11-12H2,1H3,(H,19,20)/t13-/m1/s1. The third-order valence-corrected chi connectivity index (χ3v) is 3.48. The topological polar surface area (TPSA) is 38.3 Å². The number of ether oxygens (including phenoxy) is 1. The summed E-state index contributed by atoms with van der Waals surface area (Å²) >= 11 is 5.96. The van der Waals surface area contributed by atoms with Crippen molar-refractivity contribution in [1.82, 2.24) is 5.32 Å². The lowest BCUT2D eigenvalue weighted by Gasteiger charge is -2.13. The van der Waals surface area contributed by atoms with Crippen molar-refractivity contribution in [2.75, 3.05) is 13.2 Å². The van der Waals surface area contributed by atoms with E-state index in [2.05, 4.69) is 24.4 Å². The molecule has 1 N–H and O–H groups in total. The van der Waals surface area contributed by atoms with Crippen LogP contribution in [0.5, 0.6) is 5.75 Å². The van der Waals surface area contributed by atoms with Crippen LogP contribution in [-0.2, 0) is 4.79 Å². The first-order valence-corrected chi connectivity index (χ1v) is 7.23. The van der Waals surface area contributed by atoms with E-state index in [-0.39, 0.29) is 18.4 Å². The highest BCUT2D eigenvalue weighted by Crippen LogP contribution is 2.22. The van der Waals surface area contributed by atoms with Gasteiger partial charge in [0.25, 0.3) is 5.91 Å². The van der Waals surface area contributed by atoms with Gasteiger partial charge in [-0.1, -0.05) is 61.0 Å². The molecule has 0 aromatic heterocycles. The summed E-state index contributed by atoms with van der Waals surface area (Å²) in [6.07, 6.45) is 0. The minimum Gasteiger partial charge on any atom is -0.482 e. The lowest BCUT2D eigenvalue weighted by molar-refractivity contribution is -0.123. The predicted octanol–water partition coefficient (Wildman–Crippen LogP) is 3.64. The molecule has 0 saturated heterocycles. The molecule has 0 heterocycles. The number of carbonyl (C=O) groups is 1. The van der Waals surface area contributed by atoms with Gasteiger partial charge < -0.3 is 10.1 Å². The van der Waals surface area contributed by atoms with Crippen LogP contribution in [0.15, 0.2) is 54.6 Å². The van der Waals surface area contributed by atoms with Crippen LogP contribution in [0.4, 0.5) is 0 Å². The number of para-hydroxylation sites is 1. The molecule has 0 fully saturated rings. The Hall–Kier alpha value is -2.00. The van der Waals surface area contributed by atoms with Gasteiger partial charge in [0.1, 0.15) is 5.75 Å². The summed E-state index contributed by atoms with van der Waals surface area (Å²) in [5.74, 6) is 0.624. The first-order valence-electron chi connectivity index (χ1n) is 6.86. The van der Waals surface area contributed by atoms with Gasteiger partial charge in [-0.25, -0.2) is 0 Å². The monoisotopic (exact) mass is 303 g/mol. The van der Waals surface area contributed by atoms with Crippen molar-refractivity contribution >= 4 is 17.5 Å². The van der Waals surface area contributed by atoms with E-state index >= 15 is 0 Å². The number of benzene rings is 2. The van der Waals surface area contributed by atoms with Gasteiger partial charge in [-0.15, -0.1) is 0 Å². The molecule has 2 rings (SSSR count). The van der Waals surface area contributed by atoms with Gasteiger partial charge in [0.05, 0.1) is 5.02 Å². The Labute approximate surface area is 129 Å². The van der Waals surface area contributed by atoms with Crippen molar-refractivity contribution in [2.45, 2.75) is 12.8 Å². The molecule has 0 aliphatic rings. The molecule has 0 bridgehead atoms. The highest BCUT2D eigenvalue weighted by Gasteiger charge is 2.08. The average molecular weight is 304 g/mol. The summed E-state index contributed by atoms with van der Waals surface area (Å²) in [7, 11) is 0. The minimum absolute atomic E-state index is 0.0365. The molecule has 4 heteroatoms. The SMILES string of the molecule is C[C@H](CNC(=O)COc1ccccc1Cl)c1ccccc1. The van der Waals surface area contributed by atoms with Crippen molar-refractivity contribution < 1.29 is 9.53 Å². The van der Waals surface area contributed by atoms with Crippen molar-refractivity contribution in [3.05, 3.63) is 65.2 Å². The molecule has 110 valence electrons. The maximum Gasteiger partial charge on any atom is 0.257 e. The van der Waals surface area contributed by atoms with Gasteiger partial charge in [-0.2, -0.15) is 0 Å². The van der Waals surface area contributed by atoms with Gasteiger partial charge in [0.2, 0.25) is 0 Å². The molecule has 0 aliphatic carbocycles. The molecule has 2 aromatic rings. The molecule has 0 aliphatic heterocycles. The van der Waals surface area contributed by atoms with Gasteiger partial charge in [0, 0.05) is 6.54 Å². The van der Waals surface area contributed by atoms with E-state index in [1.54, 1.807) is 12.1 Å². The molecular weight excluding hydrogens is 286 g/mol. The minimum atomic E-state index is -0.155. The molecule has 0 unspecified atom stereocenters. The van der Waals surface area contributed by atoms with E-state index in [0.717, 1.165) is 0 Å². The Morgan fingerprint density at radius 3 is 2.52 bits per heavy atom. The molecule has 1 amide bonds. The van der Waals surface area contributed by atoms with E-state index in [0.29, 0.717) is 17.3 Å². The zero-order valence-corrected chi connectivity index (χ0v) is 12.6. The lowest BCUT2D eigenvalue weighted by Crippen LogP contribution is -2.31. The van der Waals surface area contributed by atoms with E-state index in [1.165, 1.54) is 5.56 Å². The van der Waals surface area contributed by atoms with Crippen molar-refractivity contribution in [3.8, 4) is 5.75 Å². The number of amides is 1. The van der Waals surface area contributed by atoms with Crippen molar-refractivity contribution in [3.63, 3.8) is 0 Å². The van der Waals surface area contributed by atoms with Gasteiger partial charge in [0.15, 0.2) is 6.61 Å². The highest BCUT2D eigenvalue weighted by molar-refractivity contribution is 6.32. The van der Waals surface area contributed by atoms with E-state index in [4.69, 9.17) is 16.3 Å². The van der Waals surface area contributed by atoms with Crippen LogP contribution < -0.4 is 10.1 Å². The maximum absolute atomic E-state index is 11.8. The third-order valence-electron chi connectivity index (χ3n) is 3.17. The number of hydrogen-bond donors (Lipinski definition) is 1. The summed E-state index contributed by atoms with van der Waals surface area (Å²) in [6.45, 7) is 2.62. The van der Waals surface area contributed by atoms with Crippen LogP contribution in [-0.4, -0.2) is 19.1 Å². The second-order valence-corrected chi connectivity index (χ2v) is 5.24. The van der Waals surface area contributed by atoms with Crippen LogP contribution in [0.3, 0.4) is 0 Å². The predicted molar refractivity (Wildman–Crippen MR) is 84.8 cm³/mol. The quantitative estimate of drug-likeness (QED) is 0.885. The molecule has 0 saturated carbocycles. The van der Waals surface area contributed by atoms with Crippen molar-refractivity contribution in [2.24, 2.45) is 0 Å². The van der Waals surface area contributed by atoms with E-state index in [9.17, 15) is 4.79 Å². The van der Waals surface area contributed by atoms with E-state index < -0.39 is 0 Å². The molecule has 0 spiro atoms. The number of rotatable bonds is 6. The van der Waals surface area contributed by atoms with Crippen LogP contribution in [0.2, 0.25) is 5.02 Å². The second kappa shape index (κ2) is 7.70. The Bertz CT molecular complexity index is 586. The molecule has 1 atom stereocenters. The zero-order chi connectivity index (χ0) is 15.1. The first-order chi connectivity index (χ1) is 10.2. The summed E-state index contributed by atoms with van der Waals surface area (Å²) in [5, 5.41) is 3.37. The fourth-order valence-electron chi connectivity index (χ4n) is 1.92. The largest absolute Gasteiger partial charge is 0.482 e. The molecule has 0 radical (unpaired) electrons. The van der Waals surface area contributed by atoms with Gasteiger partial charge in [-0.3, -0.25) is 4.79 Å². The van der Waals surface area contributed by atoms with Gasteiger partial charge in [-0.05, 0) is 23.6 Å².